The molecule has 0 nitrogen and oxygen atoms in total. The predicted octanol–water partition coefficient (Wildman–Crippen LogP) is 5.03. The van der Waals surface area contributed by atoms with Gasteiger partial charge in [0.25, 0.3) is 0 Å². The van der Waals surface area contributed by atoms with Crippen LogP contribution in [0.2, 0.25) is 0 Å². The molecule has 4 aliphatic rings. The molecule has 0 radical (unpaired) electrons. The molecule has 17 heavy (non-hydrogen) atoms. The Morgan fingerprint density at radius 3 is 2.47 bits per heavy atom. The lowest BCUT2D eigenvalue weighted by Gasteiger charge is -2.40. The van der Waals surface area contributed by atoms with Gasteiger partial charge in [-0.05, 0) is 73.5 Å². The van der Waals surface area contributed by atoms with Crippen molar-refractivity contribution in [2.24, 2.45) is 35.0 Å². The molecule has 4 rings (SSSR count). The van der Waals surface area contributed by atoms with Crippen LogP contribution in [-0.4, -0.2) is 0 Å². The molecule has 6 atom stereocenters. The molecular weight excluding hydrogens is 204 g/mol. The Morgan fingerprint density at radius 1 is 0.706 bits per heavy atom. The average molecular weight is 232 g/mol. The van der Waals surface area contributed by atoms with Crippen molar-refractivity contribution < 1.29 is 0 Å². The van der Waals surface area contributed by atoms with Crippen molar-refractivity contribution in [3.63, 3.8) is 0 Å². The van der Waals surface area contributed by atoms with E-state index < -0.39 is 0 Å². The van der Waals surface area contributed by atoms with Crippen molar-refractivity contribution in [1.82, 2.24) is 0 Å². The summed E-state index contributed by atoms with van der Waals surface area (Å²) < 4.78 is 0. The third-order valence-corrected chi connectivity index (χ3v) is 7.49. The maximum atomic E-state index is 2.70. The van der Waals surface area contributed by atoms with Gasteiger partial charge in [0.15, 0.2) is 0 Å². The summed E-state index contributed by atoms with van der Waals surface area (Å²) in [5, 5.41) is 0. The van der Waals surface area contributed by atoms with Gasteiger partial charge in [0.05, 0.1) is 0 Å². The second-order valence-corrected chi connectivity index (χ2v) is 7.88. The first-order valence-electron chi connectivity index (χ1n) is 8.29. The molecule has 0 aromatic carbocycles. The fraction of sp³-hybridized carbons (Fsp3) is 1.00. The summed E-state index contributed by atoms with van der Waals surface area (Å²) in [6.07, 6.45) is 15.7. The summed E-state index contributed by atoms with van der Waals surface area (Å²) in [5.41, 5.74) is 0.769. The fourth-order valence-corrected chi connectivity index (χ4v) is 6.77. The van der Waals surface area contributed by atoms with Crippen molar-refractivity contribution in [3.05, 3.63) is 0 Å². The molecule has 4 saturated carbocycles. The zero-order valence-corrected chi connectivity index (χ0v) is 11.5. The van der Waals surface area contributed by atoms with E-state index in [1.807, 2.05) is 0 Å². The van der Waals surface area contributed by atoms with Gasteiger partial charge >= 0.3 is 0 Å². The van der Waals surface area contributed by atoms with E-state index >= 15 is 0 Å². The van der Waals surface area contributed by atoms with Crippen LogP contribution in [0.25, 0.3) is 0 Å². The highest BCUT2D eigenvalue weighted by Crippen LogP contribution is 2.64. The zero-order valence-electron chi connectivity index (χ0n) is 11.5. The largest absolute Gasteiger partial charge is 0.0591 e. The monoisotopic (exact) mass is 232 g/mol. The Hall–Kier alpha value is 0. The molecule has 0 spiro atoms. The number of hydrogen-bond acceptors (Lipinski definition) is 0. The summed E-state index contributed by atoms with van der Waals surface area (Å²) in [7, 11) is 0. The van der Waals surface area contributed by atoms with Gasteiger partial charge in [-0.3, -0.25) is 0 Å². The standard InChI is InChI=1S/C17H28/c1-17(11-10-13-5-3-7-15(13)17)16-9-8-12-4-2-6-14(12)16/h12-16H,2-11H2,1H3. The van der Waals surface area contributed by atoms with Gasteiger partial charge in [0.1, 0.15) is 0 Å². The molecule has 0 aliphatic heterocycles. The van der Waals surface area contributed by atoms with E-state index in [4.69, 9.17) is 0 Å². The topological polar surface area (TPSA) is 0 Å². The van der Waals surface area contributed by atoms with Crippen LogP contribution in [0.15, 0.2) is 0 Å². The highest BCUT2D eigenvalue weighted by molar-refractivity contribution is 5.05. The lowest BCUT2D eigenvalue weighted by Crippen LogP contribution is -2.34. The Balaban J connectivity index is 1.61. The first-order valence-corrected chi connectivity index (χ1v) is 8.29. The first-order chi connectivity index (χ1) is 8.29. The van der Waals surface area contributed by atoms with Crippen LogP contribution in [0, 0.1) is 35.0 Å². The van der Waals surface area contributed by atoms with E-state index in [1.54, 1.807) is 64.2 Å². The lowest BCUT2D eigenvalue weighted by molar-refractivity contribution is 0.0787. The molecule has 0 heterocycles. The third-order valence-electron chi connectivity index (χ3n) is 7.49. The summed E-state index contributed by atoms with van der Waals surface area (Å²) in [6.45, 7) is 2.70. The van der Waals surface area contributed by atoms with Crippen LogP contribution < -0.4 is 0 Å². The van der Waals surface area contributed by atoms with Gasteiger partial charge in [0, 0.05) is 0 Å². The Bertz CT molecular complexity index is 307. The van der Waals surface area contributed by atoms with Gasteiger partial charge < -0.3 is 0 Å². The first kappa shape index (κ1) is 10.9. The summed E-state index contributed by atoms with van der Waals surface area (Å²) in [6, 6.07) is 0. The van der Waals surface area contributed by atoms with Gasteiger partial charge in [-0.25, -0.2) is 0 Å². The molecule has 0 aromatic heterocycles. The number of hydrogen-bond donors (Lipinski definition) is 0. The molecule has 0 saturated heterocycles. The normalized spacial score (nSPS) is 57.4. The molecule has 4 fully saturated rings. The smallest absolute Gasteiger partial charge is 0.0264 e. The van der Waals surface area contributed by atoms with Crippen LogP contribution in [-0.2, 0) is 0 Å². The molecule has 0 aromatic rings. The minimum Gasteiger partial charge on any atom is -0.0591 e. The van der Waals surface area contributed by atoms with Crippen LogP contribution >= 0.6 is 0 Å². The van der Waals surface area contributed by atoms with E-state index in [-0.39, 0.29) is 0 Å². The summed E-state index contributed by atoms with van der Waals surface area (Å²) >= 11 is 0. The van der Waals surface area contributed by atoms with Crippen LogP contribution in [0.3, 0.4) is 0 Å². The highest BCUT2D eigenvalue weighted by atomic mass is 14.6. The van der Waals surface area contributed by atoms with E-state index in [0.29, 0.717) is 0 Å². The third kappa shape index (κ3) is 1.42. The average Bonchev–Trinajstić information content (AvgIpc) is 3.00. The van der Waals surface area contributed by atoms with E-state index in [0.717, 1.165) is 35.0 Å². The van der Waals surface area contributed by atoms with Crippen LogP contribution in [0.1, 0.15) is 71.1 Å². The second-order valence-electron chi connectivity index (χ2n) is 7.88. The molecule has 0 heteroatoms. The number of rotatable bonds is 1. The van der Waals surface area contributed by atoms with Crippen LogP contribution in [0.4, 0.5) is 0 Å². The fourth-order valence-electron chi connectivity index (χ4n) is 6.77. The maximum absolute atomic E-state index is 2.70. The van der Waals surface area contributed by atoms with E-state index in [9.17, 15) is 0 Å². The van der Waals surface area contributed by atoms with Crippen molar-refractivity contribution in [2.75, 3.05) is 0 Å². The van der Waals surface area contributed by atoms with Crippen molar-refractivity contribution >= 4 is 0 Å². The highest BCUT2D eigenvalue weighted by Gasteiger charge is 2.55. The van der Waals surface area contributed by atoms with Crippen molar-refractivity contribution in [3.8, 4) is 0 Å². The maximum Gasteiger partial charge on any atom is -0.0264 e. The SMILES string of the molecule is CC1(C2CCC3CCCC32)CCC2CCCC21. The van der Waals surface area contributed by atoms with E-state index in [2.05, 4.69) is 6.92 Å². The molecule has 4 aliphatic carbocycles. The molecule has 0 amide bonds. The minimum absolute atomic E-state index is 0.769. The second kappa shape index (κ2) is 3.75. The minimum atomic E-state index is 0.769. The lowest BCUT2D eigenvalue weighted by atomic mass is 9.64. The van der Waals surface area contributed by atoms with Gasteiger partial charge in [0.2, 0.25) is 0 Å². The summed E-state index contributed by atoms with van der Waals surface area (Å²) in [5.74, 6) is 5.70. The van der Waals surface area contributed by atoms with Crippen molar-refractivity contribution in [2.45, 2.75) is 71.1 Å². The van der Waals surface area contributed by atoms with Gasteiger partial charge in [-0.1, -0.05) is 32.6 Å². The molecule has 96 valence electrons. The summed E-state index contributed by atoms with van der Waals surface area (Å²) in [4.78, 5) is 0. The van der Waals surface area contributed by atoms with Gasteiger partial charge in [-0.15, -0.1) is 0 Å². The Labute approximate surface area is 107 Å². The number of fused-ring (bicyclic) bond motifs is 2. The molecular formula is C17H28. The van der Waals surface area contributed by atoms with Gasteiger partial charge in [-0.2, -0.15) is 0 Å². The zero-order chi connectivity index (χ0) is 11.5. The van der Waals surface area contributed by atoms with Crippen LogP contribution in [0.5, 0.6) is 0 Å². The molecule has 0 N–H and O–H groups in total. The molecule has 0 bridgehead atoms. The quantitative estimate of drug-likeness (QED) is 0.595. The Kier molecular flexibility index (Phi) is 2.40. The Morgan fingerprint density at radius 2 is 1.53 bits per heavy atom. The van der Waals surface area contributed by atoms with Crippen molar-refractivity contribution in [1.29, 1.82) is 0 Å². The predicted molar refractivity (Wildman–Crippen MR) is 71.7 cm³/mol. The molecule has 6 unspecified atom stereocenters. The van der Waals surface area contributed by atoms with E-state index in [1.165, 1.54) is 0 Å².